The summed E-state index contributed by atoms with van der Waals surface area (Å²) in [5.74, 6) is 0.624. The minimum Gasteiger partial charge on any atom is -0.395 e. The van der Waals surface area contributed by atoms with E-state index in [0.717, 1.165) is 11.4 Å². The first-order chi connectivity index (χ1) is 8.84. The molecule has 3 heterocycles. The van der Waals surface area contributed by atoms with Crippen molar-refractivity contribution in [2.45, 2.75) is 5.41 Å². The Bertz CT molecular complexity index is 535. The Hall–Kier alpha value is -1.85. The smallest absolute Gasteiger partial charge is 0.142 e. The SMILES string of the molecule is OCC1(c2nccc(-c3ccccn3)n2)COC1. The van der Waals surface area contributed by atoms with Crippen LogP contribution in [0.1, 0.15) is 5.82 Å². The summed E-state index contributed by atoms with van der Waals surface area (Å²) in [6.07, 6.45) is 3.42. The van der Waals surface area contributed by atoms with Gasteiger partial charge in [-0.3, -0.25) is 4.98 Å². The van der Waals surface area contributed by atoms with Crippen LogP contribution >= 0.6 is 0 Å². The summed E-state index contributed by atoms with van der Waals surface area (Å²) in [4.78, 5) is 13.0. The maximum Gasteiger partial charge on any atom is 0.142 e. The number of rotatable bonds is 3. The molecule has 0 saturated carbocycles. The molecular weight excluding hydrogens is 230 g/mol. The van der Waals surface area contributed by atoms with E-state index in [-0.39, 0.29) is 6.61 Å². The van der Waals surface area contributed by atoms with Crippen molar-refractivity contribution >= 4 is 0 Å². The highest BCUT2D eigenvalue weighted by atomic mass is 16.5. The third kappa shape index (κ3) is 1.77. The highest BCUT2D eigenvalue weighted by Gasteiger charge is 2.42. The molecule has 92 valence electrons. The molecule has 1 fully saturated rings. The fourth-order valence-electron chi connectivity index (χ4n) is 1.91. The summed E-state index contributed by atoms with van der Waals surface area (Å²) in [7, 11) is 0. The topological polar surface area (TPSA) is 68.1 Å². The van der Waals surface area contributed by atoms with Crippen molar-refractivity contribution in [3.8, 4) is 11.4 Å². The summed E-state index contributed by atoms with van der Waals surface area (Å²) in [6.45, 7) is 0.934. The molecule has 1 aliphatic rings. The van der Waals surface area contributed by atoms with Crippen LogP contribution in [-0.4, -0.2) is 39.9 Å². The lowest BCUT2D eigenvalue weighted by molar-refractivity contribution is -0.0883. The van der Waals surface area contributed by atoms with E-state index < -0.39 is 5.41 Å². The van der Waals surface area contributed by atoms with Crippen LogP contribution < -0.4 is 0 Å². The first kappa shape index (κ1) is 11.3. The molecule has 1 N–H and O–H groups in total. The molecular formula is C13H13N3O2. The highest BCUT2D eigenvalue weighted by Crippen LogP contribution is 2.30. The van der Waals surface area contributed by atoms with Crippen LogP contribution in [0.2, 0.25) is 0 Å². The van der Waals surface area contributed by atoms with Crippen LogP contribution in [0.15, 0.2) is 36.7 Å². The zero-order chi connectivity index (χ0) is 12.4. The van der Waals surface area contributed by atoms with Gasteiger partial charge in [0.05, 0.1) is 36.6 Å². The van der Waals surface area contributed by atoms with E-state index in [1.165, 1.54) is 0 Å². The number of aliphatic hydroxyl groups is 1. The van der Waals surface area contributed by atoms with Crippen LogP contribution in [-0.2, 0) is 10.2 Å². The monoisotopic (exact) mass is 243 g/mol. The number of hydrogen-bond donors (Lipinski definition) is 1. The maximum absolute atomic E-state index is 9.48. The minimum atomic E-state index is -0.440. The van der Waals surface area contributed by atoms with E-state index in [1.54, 1.807) is 12.4 Å². The van der Waals surface area contributed by atoms with Gasteiger partial charge in [-0.15, -0.1) is 0 Å². The zero-order valence-corrected chi connectivity index (χ0v) is 9.78. The van der Waals surface area contributed by atoms with Crippen LogP contribution in [0.5, 0.6) is 0 Å². The van der Waals surface area contributed by atoms with Crippen molar-refractivity contribution in [2.24, 2.45) is 0 Å². The Morgan fingerprint density at radius 3 is 2.61 bits per heavy atom. The average Bonchev–Trinajstić information content (AvgIpc) is 2.40. The zero-order valence-electron chi connectivity index (χ0n) is 9.78. The lowest BCUT2D eigenvalue weighted by Gasteiger charge is -2.38. The lowest BCUT2D eigenvalue weighted by Crippen LogP contribution is -2.51. The Morgan fingerprint density at radius 1 is 1.11 bits per heavy atom. The van der Waals surface area contributed by atoms with Crippen LogP contribution in [0.25, 0.3) is 11.4 Å². The Morgan fingerprint density at radius 2 is 2.00 bits per heavy atom. The van der Waals surface area contributed by atoms with Gasteiger partial charge in [-0.1, -0.05) is 6.07 Å². The Balaban J connectivity index is 1.99. The van der Waals surface area contributed by atoms with Gasteiger partial charge in [0.15, 0.2) is 0 Å². The van der Waals surface area contributed by atoms with Gasteiger partial charge in [-0.05, 0) is 18.2 Å². The van der Waals surface area contributed by atoms with Crippen LogP contribution in [0.3, 0.4) is 0 Å². The molecule has 2 aromatic rings. The second kappa shape index (κ2) is 4.44. The molecule has 0 aromatic carbocycles. The molecule has 0 bridgehead atoms. The van der Waals surface area contributed by atoms with E-state index in [9.17, 15) is 5.11 Å². The van der Waals surface area contributed by atoms with E-state index in [4.69, 9.17) is 4.74 Å². The van der Waals surface area contributed by atoms with Gasteiger partial charge in [0.1, 0.15) is 5.82 Å². The van der Waals surface area contributed by atoms with Gasteiger partial charge >= 0.3 is 0 Å². The second-order valence-corrected chi connectivity index (χ2v) is 4.41. The van der Waals surface area contributed by atoms with Gasteiger partial charge in [-0.25, -0.2) is 9.97 Å². The number of aliphatic hydroxyl groups excluding tert-OH is 1. The molecule has 0 atom stereocenters. The van der Waals surface area contributed by atoms with Crippen molar-refractivity contribution in [3.05, 3.63) is 42.5 Å². The van der Waals surface area contributed by atoms with Gasteiger partial charge in [0.2, 0.25) is 0 Å². The normalized spacial score (nSPS) is 17.2. The van der Waals surface area contributed by atoms with Crippen molar-refractivity contribution in [1.82, 2.24) is 15.0 Å². The maximum atomic E-state index is 9.48. The lowest BCUT2D eigenvalue weighted by atomic mass is 9.86. The molecule has 0 spiro atoms. The van der Waals surface area contributed by atoms with Crippen LogP contribution in [0.4, 0.5) is 0 Å². The molecule has 2 aromatic heterocycles. The number of hydrogen-bond acceptors (Lipinski definition) is 5. The minimum absolute atomic E-state index is 0.00132. The molecule has 0 aliphatic carbocycles. The van der Waals surface area contributed by atoms with Gasteiger partial charge in [0, 0.05) is 12.4 Å². The summed E-state index contributed by atoms with van der Waals surface area (Å²) in [5, 5.41) is 9.48. The Kier molecular flexibility index (Phi) is 2.77. The molecule has 1 aliphatic heterocycles. The number of ether oxygens (including phenoxy) is 1. The molecule has 18 heavy (non-hydrogen) atoms. The standard InChI is InChI=1S/C13H13N3O2/c17-7-13(8-18-9-13)12-15-6-4-11(16-12)10-3-1-2-5-14-10/h1-6,17H,7-9H2. The first-order valence-corrected chi connectivity index (χ1v) is 5.78. The molecule has 5 heteroatoms. The fourth-order valence-corrected chi connectivity index (χ4v) is 1.91. The summed E-state index contributed by atoms with van der Waals surface area (Å²) in [6, 6.07) is 7.49. The summed E-state index contributed by atoms with van der Waals surface area (Å²) in [5.41, 5.74) is 1.12. The van der Waals surface area contributed by atoms with E-state index in [0.29, 0.717) is 19.0 Å². The van der Waals surface area contributed by atoms with E-state index >= 15 is 0 Å². The van der Waals surface area contributed by atoms with Gasteiger partial charge in [-0.2, -0.15) is 0 Å². The van der Waals surface area contributed by atoms with E-state index in [1.807, 2.05) is 24.3 Å². The summed E-state index contributed by atoms with van der Waals surface area (Å²) >= 11 is 0. The van der Waals surface area contributed by atoms with Crippen molar-refractivity contribution < 1.29 is 9.84 Å². The molecule has 0 radical (unpaired) electrons. The molecule has 3 rings (SSSR count). The summed E-state index contributed by atoms with van der Waals surface area (Å²) < 4.78 is 5.17. The molecule has 5 nitrogen and oxygen atoms in total. The largest absolute Gasteiger partial charge is 0.395 e. The molecule has 0 unspecified atom stereocenters. The van der Waals surface area contributed by atoms with Gasteiger partial charge < -0.3 is 9.84 Å². The molecule has 0 amide bonds. The van der Waals surface area contributed by atoms with E-state index in [2.05, 4.69) is 15.0 Å². The first-order valence-electron chi connectivity index (χ1n) is 5.78. The quantitative estimate of drug-likeness (QED) is 0.863. The predicted molar refractivity (Wildman–Crippen MR) is 64.8 cm³/mol. The fraction of sp³-hybridized carbons (Fsp3) is 0.308. The number of pyridine rings is 1. The second-order valence-electron chi connectivity index (χ2n) is 4.41. The van der Waals surface area contributed by atoms with Crippen molar-refractivity contribution in [1.29, 1.82) is 0 Å². The van der Waals surface area contributed by atoms with Gasteiger partial charge in [0.25, 0.3) is 0 Å². The van der Waals surface area contributed by atoms with Crippen molar-refractivity contribution in [3.63, 3.8) is 0 Å². The number of nitrogens with zero attached hydrogens (tertiary/aromatic N) is 3. The highest BCUT2D eigenvalue weighted by molar-refractivity contribution is 5.53. The molecule has 1 saturated heterocycles. The number of aromatic nitrogens is 3. The third-order valence-electron chi connectivity index (χ3n) is 3.12. The van der Waals surface area contributed by atoms with Crippen molar-refractivity contribution in [2.75, 3.05) is 19.8 Å². The Labute approximate surface area is 105 Å². The predicted octanol–water partition coefficient (Wildman–Crippen LogP) is 0.799. The van der Waals surface area contributed by atoms with Crippen LogP contribution in [0, 0.1) is 0 Å². The third-order valence-corrected chi connectivity index (χ3v) is 3.12. The average molecular weight is 243 g/mol.